The molecular formula is C11H10I. The molecule has 0 amide bonds. The molecule has 1 rings (SSSR count). The van der Waals surface area contributed by atoms with Gasteiger partial charge in [-0.05, 0) is 59.6 Å². The molecule has 0 saturated heterocycles. The summed E-state index contributed by atoms with van der Waals surface area (Å²) in [5.74, 6) is 2.40. The first-order chi connectivity index (χ1) is 5.83. The van der Waals surface area contributed by atoms with Gasteiger partial charge in [-0.2, -0.15) is 0 Å². The highest BCUT2D eigenvalue weighted by Gasteiger charge is 1.91. The smallest absolute Gasteiger partial charge is 0.0130 e. The van der Waals surface area contributed by atoms with E-state index < -0.39 is 0 Å². The molecule has 0 saturated carbocycles. The minimum absolute atomic E-state index is 0.770. The average Bonchev–Trinajstić information content (AvgIpc) is 2.09. The van der Waals surface area contributed by atoms with Crippen LogP contribution in [0, 0.1) is 15.9 Å². The SMILES string of the molecule is [C]#CCCCc1ccc(I)cc1. The van der Waals surface area contributed by atoms with Crippen LogP contribution in [0.5, 0.6) is 0 Å². The first-order valence-corrected chi connectivity index (χ1v) is 5.05. The molecule has 0 aliphatic rings. The van der Waals surface area contributed by atoms with E-state index in [-0.39, 0.29) is 0 Å². The third-order valence-electron chi connectivity index (χ3n) is 1.68. The van der Waals surface area contributed by atoms with Gasteiger partial charge in [0.2, 0.25) is 0 Å². The van der Waals surface area contributed by atoms with Crippen LogP contribution in [0.3, 0.4) is 0 Å². The lowest BCUT2D eigenvalue weighted by atomic mass is 10.1. The molecule has 61 valence electrons. The number of hydrogen-bond donors (Lipinski definition) is 0. The van der Waals surface area contributed by atoms with Gasteiger partial charge in [0.1, 0.15) is 0 Å². The average molecular weight is 269 g/mol. The van der Waals surface area contributed by atoms with Crippen LogP contribution in [0.1, 0.15) is 18.4 Å². The molecule has 0 atom stereocenters. The summed E-state index contributed by atoms with van der Waals surface area (Å²) in [6.07, 6.45) is 9.61. The molecule has 0 heterocycles. The molecule has 0 fully saturated rings. The van der Waals surface area contributed by atoms with Crippen molar-refractivity contribution in [3.63, 3.8) is 0 Å². The van der Waals surface area contributed by atoms with Crippen LogP contribution in [0.4, 0.5) is 0 Å². The zero-order valence-electron chi connectivity index (χ0n) is 6.81. The number of unbranched alkanes of at least 4 members (excludes halogenated alkanes) is 1. The predicted octanol–water partition coefficient (Wildman–Crippen LogP) is 3.20. The van der Waals surface area contributed by atoms with Gasteiger partial charge in [-0.15, -0.1) is 0 Å². The summed E-state index contributed by atoms with van der Waals surface area (Å²) in [7, 11) is 0. The third kappa shape index (κ3) is 3.27. The maximum atomic E-state index is 6.75. The maximum Gasteiger partial charge on any atom is 0.0130 e. The Hall–Kier alpha value is -0.490. The van der Waals surface area contributed by atoms with E-state index in [0.717, 1.165) is 19.3 Å². The summed E-state index contributed by atoms with van der Waals surface area (Å²) < 4.78 is 1.27. The van der Waals surface area contributed by atoms with E-state index in [2.05, 4.69) is 52.8 Å². The highest BCUT2D eigenvalue weighted by atomic mass is 127. The summed E-state index contributed by atoms with van der Waals surface area (Å²) in [6.45, 7) is 0. The Morgan fingerprint density at radius 3 is 2.50 bits per heavy atom. The molecular weight excluding hydrogens is 259 g/mol. The van der Waals surface area contributed by atoms with Crippen LogP contribution >= 0.6 is 22.6 Å². The molecule has 1 radical (unpaired) electrons. The lowest BCUT2D eigenvalue weighted by Crippen LogP contribution is -1.84. The van der Waals surface area contributed by atoms with Crippen molar-refractivity contribution in [3.8, 4) is 5.92 Å². The van der Waals surface area contributed by atoms with E-state index in [9.17, 15) is 0 Å². The van der Waals surface area contributed by atoms with Crippen LogP contribution in [-0.2, 0) is 6.42 Å². The van der Waals surface area contributed by atoms with Crippen molar-refractivity contribution in [1.29, 1.82) is 0 Å². The molecule has 0 aliphatic heterocycles. The Kier molecular flexibility index (Phi) is 4.16. The summed E-state index contributed by atoms with van der Waals surface area (Å²) in [5, 5.41) is 0. The van der Waals surface area contributed by atoms with Gasteiger partial charge in [0.25, 0.3) is 0 Å². The number of aryl methyl sites for hydroxylation is 1. The third-order valence-corrected chi connectivity index (χ3v) is 2.40. The van der Waals surface area contributed by atoms with Gasteiger partial charge < -0.3 is 0 Å². The monoisotopic (exact) mass is 269 g/mol. The highest BCUT2D eigenvalue weighted by molar-refractivity contribution is 14.1. The first-order valence-electron chi connectivity index (χ1n) is 3.97. The minimum atomic E-state index is 0.770. The quantitative estimate of drug-likeness (QED) is 0.449. The van der Waals surface area contributed by atoms with Gasteiger partial charge in [0, 0.05) is 9.99 Å². The summed E-state index contributed by atoms with van der Waals surface area (Å²) in [6, 6.07) is 8.52. The Morgan fingerprint density at radius 1 is 1.25 bits per heavy atom. The Balaban J connectivity index is 2.43. The van der Waals surface area contributed by atoms with Crippen molar-refractivity contribution in [2.24, 2.45) is 0 Å². The Morgan fingerprint density at radius 2 is 1.92 bits per heavy atom. The zero-order valence-corrected chi connectivity index (χ0v) is 8.97. The lowest BCUT2D eigenvalue weighted by molar-refractivity contribution is 0.857. The van der Waals surface area contributed by atoms with Crippen molar-refractivity contribution in [1.82, 2.24) is 0 Å². The molecule has 1 aromatic carbocycles. The fourth-order valence-electron chi connectivity index (χ4n) is 1.03. The highest BCUT2D eigenvalue weighted by Crippen LogP contribution is 2.09. The fourth-order valence-corrected chi connectivity index (χ4v) is 1.39. The molecule has 0 aliphatic carbocycles. The van der Waals surface area contributed by atoms with Gasteiger partial charge in [-0.25, -0.2) is 0 Å². The fraction of sp³-hybridized carbons (Fsp3) is 0.273. The topological polar surface area (TPSA) is 0 Å². The van der Waals surface area contributed by atoms with E-state index in [4.69, 9.17) is 6.42 Å². The largest absolute Gasteiger partial charge is 0.0891 e. The standard InChI is InChI=1S/C11H10I/c1-2-3-4-5-10-6-8-11(12)9-7-10/h6-9H,3-5H2. The zero-order chi connectivity index (χ0) is 8.81. The number of hydrogen-bond acceptors (Lipinski definition) is 0. The molecule has 0 bridgehead atoms. The van der Waals surface area contributed by atoms with Crippen molar-refractivity contribution in [3.05, 3.63) is 39.8 Å². The normalized spacial score (nSPS) is 9.33. The molecule has 12 heavy (non-hydrogen) atoms. The maximum absolute atomic E-state index is 6.75. The molecule has 1 aromatic rings. The van der Waals surface area contributed by atoms with Gasteiger partial charge in [-0.1, -0.05) is 18.1 Å². The number of benzene rings is 1. The van der Waals surface area contributed by atoms with Gasteiger partial charge in [0.15, 0.2) is 0 Å². The van der Waals surface area contributed by atoms with Crippen molar-refractivity contribution >= 4 is 22.6 Å². The van der Waals surface area contributed by atoms with Crippen LogP contribution in [0.15, 0.2) is 24.3 Å². The Bertz CT molecular complexity index is 266. The summed E-state index contributed by atoms with van der Waals surface area (Å²) in [4.78, 5) is 0. The van der Waals surface area contributed by atoms with Gasteiger partial charge >= 0.3 is 0 Å². The van der Waals surface area contributed by atoms with E-state index in [1.165, 1.54) is 9.13 Å². The van der Waals surface area contributed by atoms with Crippen LogP contribution in [0.25, 0.3) is 0 Å². The van der Waals surface area contributed by atoms with E-state index in [0.29, 0.717) is 0 Å². The first kappa shape index (κ1) is 9.60. The molecule has 0 unspecified atom stereocenters. The van der Waals surface area contributed by atoms with Crippen molar-refractivity contribution in [2.45, 2.75) is 19.3 Å². The second-order valence-corrected chi connectivity index (χ2v) is 3.90. The minimum Gasteiger partial charge on any atom is -0.0891 e. The summed E-state index contributed by atoms with van der Waals surface area (Å²) in [5.41, 5.74) is 1.35. The van der Waals surface area contributed by atoms with Gasteiger partial charge in [0.05, 0.1) is 0 Å². The molecule has 0 nitrogen and oxygen atoms in total. The van der Waals surface area contributed by atoms with Crippen LogP contribution in [-0.4, -0.2) is 0 Å². The second kappa shape index (κ2) is 5.21. The van der Waals surface area contributed by atoms with Crippen molar-refractivity contribution in [2.75, 3.05) is 0 Å². The Labute approximate surface area is 87.5 Å². The van der Waals surface area contributed by atoms with E-state index in [1.54, 1.807) is 0 Å². The second-order valence-electron chi connectivity index (χ2n) is 2.66. The summed E-state index contributed by atoms with van der Waals surface area (Å²) >= 11 is 2.30. The number of rotatable bonds is 3. The van der Waals surface area contributed by atoms with E-state index >= 15 is 0 Å². The predicted molar refractivity (Wildman–Crippen MR) is 59.2 cm³/mol. The van der Waals surface area contributed by atoms with E-state index in [1.807, 2.05) is 0 Å². The molecule has 0 N–H and O–H groups in total. The lowest BCUT2D eigenvalue weighted by Gasteiger charge is -1.98. The molecule has 0 spiro atoms. The van der Waals surface area contributed by atoms with Gasteiger partial charge in [-0.3, -0.25) is 0 Å². The molecule has 1 heteroatoms. The van der Waals surface area contributed by atoms with Crippen molar-refractivity contribution < 1.29 is 0 Å². The number of halogens is 1. The van der Waals surface area contributed by atoms with Crippen LogP contribution in [0.2, 0.25) is 0 Å². The molecule has 0 aromatic heterocycles. The van der Waals surface area contributed by atoms with Crippen LogP contribution < -0.4 is 0 Å².